The molecule has 0 saturated heterocycles. The fraction of sp³-hybridized carbons (Fsp3) is 0.176. The van der Waals surface area contributed by atoms with Crippen LogP contribution < -0.4 is 16.4 Å². The number of thiophene rings is 1. The first-order valence-corrected chi connectivity index (χ1v) is 10.1. The number of aromatic nitrogens is 3. The lowest BCUT2D eigenvalue weighted by molar-refractivity contribution is -0.116. The van der Waals surface area contributed by atoms with Crippen molar-refractivity contribution in [2.24, 2.45) is 0 Å². The molecule has 2 amide bonds. The van der Waals surface area contributed by atoms with Gasteiger partial charge in [-0.25, -0.2) is 4.68 Å². The lowest BCUT2D eigenvalue weighted by Gasteiger charge is -2.07. The zero-order valence-corrected chi connectivity index (χ0v) is 16.1. The zero-order valence-electron chi connectivity index (χ0n) is 14.5. The summed E-state index contributed by atoms with van der Waals surface area (Å²) in [6.07, 6.45) is 1.96. The number of benzene rings is 1. The van der Waals surface area contributed by atoms with Crippen molar-refractivity contribution in [3.05, 3.63) is 52.3 Å². The number of thioether (sulfide) groups is 1. The molecule has 10 heteroatoms. The molecule has 0 radical (unpaired) electrons. The first-order valence-electron chi connectivity index (χ1n) is 8.00. The molecule has 0 fully saturated rings. The SMILES string of the molecule is CSc1cccc(NC(=O)Cn2nnc(C(=O)NCc3cccs3)c2N)c1. The molecule has 3 aromatic rings. The Balaban J connectivity index is 1.60. The molecule has 2 aromatic heterocycles. The van der Waals surface area contributed by atoms with Crippen molar-refractivity contribution in [3.63, 3.8) is 0 Å². The van der Waals surface area contributed by atoms with Gasteiger partial charge in [0, 0.05) is 15.5 Å². The van der Waals surface area contributed by atoms with Crippen LogP contribution in [0.15, 0.2) is 46.7 Å². The summed E-state index contributed by atoms with van der Waals surface area (Å²) in [4.78, 5) is 26.5. The second-order valence-corrected chi connectivity index (χ2v) is 7.44. The topological polar surface area (TPSA) is 115 Å². The van der Waals surface area contributed by atoms with Gasteiger partial charge in [-0.15, -0.1) is 28.2 Å². The van der Waals surface area contributed by atoms with Gasteiger partial charge in [0.1, 0.15) is 6.54 Å². The molecule has 0 aliphatic carbocycles. The summed E-state index contributed by atoms with van der Waals surface area (Å²) in [5.74, 6) is -0.692. The van der Waals surface area contributed by atoms with Gasteiger partial charge in [-0.1, -0.05) is 17.3 Å². The maximum atomic E-state index is 12.2. The normalized spacial score (nSPS) is 10.6. The molecule has 0 saturated carbocycles. The molecule has 0 aliphatic rings. The smallest absolute Gasteiger partial charge is 0.276 e. The number of nitrogens with two attached hydrogens (primary N) is 1. The highest BCUT2D eigenvalue weighted by Crippen LogP contribution is 2.19. The van der Waals surface area contributed by atoms with Gasteiger partial charge in [0.2, 0.25) is 5.91 Å². The van der Waals surface area contributed by atoms with Crippen LogP contribution in [0.4, 0.5) is 11.5 Å². The lowest BCUT2D eigenvalue weighted by Crippen LogP contribution is -2.24. The predicted octanol–water partition coefficient (Wildman–Crippen LogP) is 2.21. The number of hydrogen-bond donors (Lipinski definition) is 3. The Morgan fingerprint density at radius 3 is 2.89 bits per heavy atom. The summed E-state index contributed by atoms with van der Waals surface area (Å²) < 4.78 is 1.20. The highest BCUT2D eigenvalue weighted by molar-refractivity contribution is 7.98. The standard InChI is InChI=1S/C17H18N6O2S2/c1-26-12-5-2-4-11(8-12)20-14(24)10-23-16(18)15(21-22-23)17(25)19-9-13-6-3-7-27-13/h2-8H,9-10,18H2,1H3,(H,19,25)(H,20,24). The summed E-state index contributed by atoms with van der Waals surface area (Å²) in [5.41, 5.74) is 6.62. The average molecular weight is 403 g/mol. The van der Waals surface area contributed by atoms with E-state index in [9.17, 15) is 9.59 Å². The van der Waals surface area contributed by atoms with Crippen LogP contribution in [0.2, 0.25) is 0 Å². The van der Waals surface area contributed by atoms with E-state index in [0.717, 1.165) is 9.77 Å². The van der Waals surface area contributed by atoms with Crippen LogP contribution in [-0.2, 0) is 17.9 Å². The molecule has 0 unspecified atom stereocenters. The van der Waals surface area contributed by atoms with E-state index >= 15 is 0 Å². The number of nitrogen functional groups attached to an aromatic ring is 1. The molecule has 140 valence electrons. The summed E-state index contributed by atoms with van der Waals surface area (Å²) in [6, 6.07) is 11.3. The Morgan fingerprint density at radius 2 is 2.15 bits per heavy atom. The minimum atomic E-state index is -0.430. The molecule has 0 spiro atoms. The van der Waals surface area contributed by atoms with Crippen molar-refractivity contribution in [1.82, 2.24) is 20.3 Å². The van der Waals surface area contributed by atoms with E-state index in [1.54, 1.807) is 17.8 Å². The van der Waals surface area contributed by atoms with Gasteiger partial charge in [-0.05, 0) is 35.9 Å². The van der Waals surface area contributed by atoms with Crippen LogP contribution >= 0.6 is 23.1 Å². The predicted molar refractivity (Wildman–Crippen MR) is 107 cm³/mol. The Bertz CT molecular complexity index is 939. The van der Waals surface area contributed by atoms with E-state index in [1.807, 2.05) is 42.0 Å². The maximum absolute atomic E-state index is 12.2. The third-order valence-electron chi connectivity index (χ3n) is 3.64. The first kappa shape index (κ1) is 18.9. The van der Waals surface area contributed by atoms with E-state index < -0.39 is 5.91 Å². The molecule has 27 heavy (non-hydrogen) atoms. The van der Waals surface area contributed by atoms with Crippen molar-refractivity contribution in [3.8, 4) is 0 Å². The van der Waals surface area contributed by atoms with E-state index in [4.69, 9.17) is 5.73 Å². The number of carbonyl (C=O) groups is 2. The van der Waals surface area contributed by atoms with Crippen LogP contribution in [0, 0.1) is 0 Å². The quantitative estimate of drug-likeness (QED) is 0.522. The van der Waals surface area contributed by atoms with E-state index in [0.29, 0.717) is 12.2 Å². The Morgan fingerprint density at radius 1 is 1.30 bits per heavy atom. The summed E-state index contributed by atoms with van der Waals surface area (Å²) in [7, 11) is 0. The van der Waals surface area contributed by atoms with Gasteiger partial charge in [-0.2, -0.15) is 0 Å². The van der Waals surface area contributed by atoms with Gasteiger partial charge in [0.15, 0.2) is 11.5 Å². The van der Waals surface area contributed by atoms with E-state index in [1.165, 1.54) is 16.0 Å². The highest BCUT2D eigenvalue weighted by atomic mass is 32.2. The molecular weight excluding hydrogens is 384 g/mol. The summed E-state index contributed by atoms with van der Waals surface area (Å²) >= 11 is 3.12. The van der Waals surface area contributed by atoms with Crippen LogP contribution in [0.1, 0.15) is 15.4 Å². The zero-order chi connectivity index (χ0) is 19.2. The minimum absolute atomic E-state index is 0.00346. The summed E-state index contributed by atoms with van der Waals surface area (Å²) in [6.45, 7) is 0.246. The molecule has 0 bridgehead atoms. The van der Waals surface area contributed by atoms with Crippen molar-refractivity contribution in [2.45, 2.75) is 18.0 Å². The first-order chi connectivity index (χ1) is 13.1. The van der Waals surface area contributed by atoms with Crippen molar-refractivity contribution < 1.29 is 9.59 Å². The maximum Gasteiger partial charge on any atom is 0.276 e. The minimum Gasteiger partial charge on any atom is -0.382 e. The van der Waals surface area contributed by atoms with Gasteiger partial charge in [0.05, 0.1) is 6.54 Å². The van der Waals surface area contributed by atoms with Crippen LogP contribution in [0.5, 0.6) is 0 Å². The summed E-state index contributed by atoms with van der Waals surface area (Å²) in [5, 5.41) is 15.1. The fourth-order valence-corrected chi connectivity index (χ4v) is 3.40. The third kappa shape index (κ3) is 4.86. The Labute approximate surface area is 164 Å². The molecule has 0 aliphatic heterocycles. The number of rotatable bonds is 7. The number of amides is 2. The van der Waals surface area contributed by atoms with E-state index in [-0.39, 0.29) is 24.0 Å². The van der Waals surface area contributed by atoms with E-state index in [2.05, 4.69) is 20.9 Å². The molecule has 0 atom stereocenters. The highest BCUT2D eigenvalue weighted by Gasteiger charge is 2.19. The Hall–Kier alpha value is -2.85. The number of nitrogens with zero attached hydrogens (tertiary/aromatic N) is 3. The van der Waals surface area contributed by atoms with Gasteiger partial charge in [0.25, 0.3) is 5.91 Å². The second kappa shape index (κ2) is 8.69. The van der Waals surface area contributed by atoms with Crippen molar-refractivity contribution >= 4 is 46.4 Å². The lowest BCUT2D eigenvalue weighted by atomic mass is 10.3. The number of anilines is 2. The second-order valence-electron chi connectivity index (χ2n) is 5.52. The van der Waals surface area contributed by atoms with Crippen LogP contribution in [0.25, 0.3) is 0 Å². The van der Waals surface area contributed by atoms with Crippen LogP contribution in [0.3, 0.4) is 0 Å². The van der Waals surface area contributed by atoms with Crippen LogP contribution in [-0.4, -0.2) is 33.1 Å². The molecule has 3 rings (SSSR count). The van der Waals surface area contributed by atoms with Gasteiger partial charge < -0.3 is 16.4 Å². The molecule has 4 N–H and O–H groups in total. The third-order valence-corrected chi connectivity index (χ3v) is 5.24. The molecule has 1 aromatic carbocycles. The van der Waals surface area contributed by atoms with Gasteiger partial charge in [-0.3, -0.25) is 9.59 Å². The average Bonchev–Trinajstić information content (AvgIpc) is 3.30. The fourth-order valence-electron chi connectivity index (χ4n) is 2.30. The largest absolute Gasteiger partial charge is 0.382 e. The molecule has 2 heterocycles. The van der Waals surface area contributed by atoms with Gasteiger partial charge >= 0.3 is 0 Å². The van der Waals surface area contributed by atoms with Crippen molar-refractivity contribution in [2.75, 3.05) is 17.3 Å². The Kier molecular flexibility index (Phi) is 6.09. The van der Waals surface area contributed by atoms with Crippen molar-refractivity contribution in [1.29, 1.82) is 0 Å². The molecular formula is C17H18N6O2S2. The number of nitrogens with one attached hydrogen (secondary N) is 2. The molecule has 8 nitrogen and oxygen atoms in total. The monoisotopic (exact) mass is 402 g/mol. The number of carbonyl (C=O) groups excluding carboxylic acids is 2. The number of hydrogen-bond acceptors (Lipinski definition) is 7.